The van der Waals surface area contributed by atoms with Gasteiger partial charge in [-0.2, -0.15) is 0 Å². The number of para-hydroxylation sites is 1. The number of carbonyl (C=O) groups is 1. The standard InChI is InChI=1S/C18H17NO4/c1-3-22-18(20)15-11-12-5-4-6-16(17(12)19-15)23-14-9-7-13(21-2)8-10-14/h4-11,19H,3H2,1-2H3. The molecule has 3 rings (SSSR count). The third-order valence-corrected chi connectivity index (χ3v) is 3.40. The van der Waals surface area contributed by atoms with Crippen molar-refractivity contribution in [2.75, 3.05) is 13.7 Å². The predicted octanol–water partition coefficient (Wildman–Crippen LogP) is 4.15. The van der Waals surface area contributed by atoms with Crippen molar-refractivity contribution in [1.29, 1.82) is 0 Å². The van der Waals surface area contributed by atoms with Crippen LogP contribution in [0.25, 0.3) is 10.9 Å². The van der Waals surface area contributed by atoms with E-state index in [2.05, 4.69) is 4.98 Å². The molecule has 1 N–H and O–H groups in total. The van der Waals surface area contributed by atoms with E-state index in [0.29, 0.717) is 23.8 Å². The molecule has 0 aliphatic carbocycles. The van der Waals surface area contributed by atoms with Gasteiger partial charge in [0.15, 0.2) is 5.75 Å². The summed E-state index contributed by atoms with van der Waals surface area (Å²) in [6.45, 7) is 2.11. The number of esters is 1. The zero-order chi connectivity index (χ0) is 16.2. The monoisotopic (exact) mass is 311 g/mol. The average molecular weight is 311 g/mol. The molecular weight excluding hydrogens is 294 g/mol. The first kappa shape index (κ1) is 15.0. The van der Waals surface area contributed by atoms with Crippen molar-refractivity contribution in [3.8, 4) is 17.2 Å². The topological polar surface area (TPSA) is 60.6 Å². The number of hydrogen-bond donors (Lipinski definition) is 1. The summed E-state index contributed by atoms with van der Waals surface area (Å²) in [5, 5.41) is 0.888. The Balaban J connectivity index is 1.92. The molecule has 0 spiro atoms. The zero-order valence-electron chi connectivity index (χ0n) is 13.0. The first-order valence-electron chi connectivity index (χ1n) is 7.32. The van der Waals surface area contributed by atoms with Crippen molar-refractivity contribution in [3.05, 3.63) is 54.2 Å². The van der Waals surface area contributed by atoms with Gasteiger partial charge < -0.3 is 19.2 Å². The Morgan fingerprint density at radius 2 is 1.83 bits per heavy atom. The summed E-state index contributed by atoms with van der Waals surface area (Å²) in [6, 6.07) is 14.7. The molecule has 0 aliphatic rings. The van der Waals surface area contributed by atoms with E-state index in [1.54, 1.807) is 20.1 Å². The van der Waals surface area contributed by atoms with Gasteiger partial charge in [-0.3, -0.25) is 0 Å². The van der Waals surface area contributed by atoms with Crippen LogP contribution in [-0.4, -0.2) is 24.7 Å². The van der Waals surface area contributed by atoms with Gasteiger partial charge >= 0.3 is 5.97 Å². The van der Waals surface area contributed by atoms with Gasteiger partial charge in [0.1, 0.15) is 17.2 Å². The van der Waals surface area contributed by atoms with Crippen LogP contribution in [0.15, 0.2) is 48.5 Å². The molecule has 0 saturated heterocycles. The van der Waals surface area contributed by atoms with E-state index in [-0.39, 0.29) is 5.97 Å². The molecule has 118 valence electrons. The fraction of sp³-hybridized carbons (Fsp3) is 0.167. The zero-order valence-corrected chi connectivity index (χ0v) is 13.0. The lowest BCUT2D eigenvalue weighted by atomic mass is 10.2. The lowest BCUT2D eigenvalue weighted by Gasteiger charge is -2.07. The summed E-state index contributed by atoms with van der Waals surface area (Å²) in [5.74, 6) is 1.72. The van der Waals surface area contributed by atoms with Gasteiger partial charge in [0, 0.05) is 5.39 Å². The van der Waals surface area contributed by atoms with Gasteiger partial charge in [0.05, 0.1) is 19.2 Å². The van der Waals surface area contributed by atoms with Crippen LogP contribution in [0.5, 0.6) is 17.2 Å². The van der Waals surface area contributed by atoms with Gasteiger partial charge in [-0.15, -0.1) is 0 Å². The maximum absolute atomic E-state index is 11.8. The van der Waals surface area contributed by atoms with Crippen LogP contribution in [0.4, 0.5) is 0 Å². The van der Waals surface area contributed by atoms with E-state index in [4.69, 9.17) is 14.2 Å². The number of H-pyrrole nitrogens is 1. The van der Waals surface area contributed by atoms with E-state index in [1.807, 2.05) is 42.5 Å². The first-order chi connectivity index (χ1) is 11.2. The highest BCUT2D eigenvalue weighted by Gasteiger charge is 2.13. The Labute approximate surface area is 133 Å². The summed E-state index contributed by atoms with van der Waals surface area (Å²) in [5.41, 5.74) is 1.17. The molecule has 0 unspecified atom stereocenters. The van der Waals surface area contributed by atoms with Crippen molar-refractivity contribution in [2.24, 2.45) is 0 Å². The molecule has 5 heteroatoms. The molecule has 0 saturated carbocycles. The third-order valence-electron chi connectivity index (χ3n) is 3.40. The molecule has 0 amide bonds. The largest absolute Gasteiger partial charge is 0.497 e. The molecule has 3 aromatic rings. The van der Waals surface area contributed by atoms with Crippen molar-refractivity contribution >= 4 is 16.9 Å². The Kier molecular flexibility index (Phi) is 4.19. The number of methoxy groups -OCH3 is 1. The highest BCUT2D eigenvalue weighted by Crippen LogP contribution is 2.30. The number of carbonyl (C=O) groups excluding carboxylic acids is 1. The summed E-state index contributed by atoms with van der Waals surface area (Å²) in [4.78, 5) is 14.9. The van der Waals surface area contributed by atoms with Crippen molar-refractivity contribution < 1.29 is 19.0 Å². The second kappa shape index (κ2) is 6.44. The molecule has 0 atom stereocenters. The highest BCUT2D eigenvalue weighted by molar-refractivity contribution is 5.96. The van der Waals surface area contributed by atoms with E-state index in [9.17, 15) is 4.79 Å². The van der Waals surface area contributed by atoms with Crippen LogP contribution < -0.4 is 9.47 Å². The van der Waals surface area contributed by atoms with Crippen molar-refractivity contribution in [2.45, 2.75) is 6.92 Å². The molecule has 0 fully saturated rings. The second-order valence-electron chi connectivity index (χ2n) is 4.90. The van der Waals surface area contributed by atoms with Gasteiger partial charge in [0.2, 0.25) is 0 Å². The third kappa shape index (κ3) is 3.13. The molecule has 2 aromatic carbocycles. The fourth-order valence-electron chi connectivity index (χ4n) is 2.30. The maximum Gasteiger partial charge on any atom is 0.354 e. The molecule has 0 aliphatic heterocycles. The van der Waals surface area contributed by atoms with Crippen LogP contribution in [0.1, 0.15) is 17.4 Å². The Bertz CT molecular complexity index is 821. The Hall–Kier alpha value is -2.95. The van der Waals surface area contributed by atoms with Crippen LogP contribution in [-0.2, 0) is 4.74 Å². The number of fused-ring (bicyclic) bond motifs is 1. The van der Waals surface area contributed by atoms with Crippen LogP contribution in [0, 0.1) is 0 Å². The van der Waals surface area contributed by atoms with Gasteiger partial charge in [-0.1, -0.05) is 12.1 Å². The van der Waals surface area contributed by atoms with Crippen molar-refractivity contribution in [3.63, 3.8) is 0 Å². The summed E-state index contributed by atoms with van der Waals surface area (Å²) >= 11 is 0. The van der Waals surface area contributed by atoms with Crippen LogP contribution >= 0.6 is 0 Å². The van der Waals surface area contributed by atoms with Gasteiger partial charge in [0.25, 0.3) is 0 Å². The van der Waals surface area contributed by atoms with Crippen LogP contribution in [0.2, 0.25) is 0 Å². The fourth-order valence-corrected chi connectivity index (χ4v) is 2.30. The number of aromatic amines is 1. The van der Waals surface area contributed by atoms with E-state index in [1.165, 1.54) is 0 Å². The van der Waals surface area contributed by atoms with E-state index < -0.39 is 0 Å². The minimum atomic E-state index is -0.376. The van der Waals surface area contributed by atoms with Gasteiger partial charge in [-0.25, -0.2) is 4.79 Å². The quantitative estimate of drug-likeness (QED) is 0.719. The number of ether oxygens (including phenoxy) is 3. The van der Waals surface area contributed by atoms with Crippen molar-refractivity contribution in [1.82, 2.24) is 4.98 Å². The second-order valence-corrected chi connectivity index (χ2v) is 4.90. The molecule has 0 bridgehead atoms. The SMILES string of the molecule is CCOC(=O)c1cc2cccc(Oc3ccc(OC)cc3)c2[nH]1. The number of benzene rings is 2. The summed E-state index contributed by atoms with van der Waals surface area (Å²) < 4.78 is 16.1. The minimum Gasteiger partial charge on any atom is -0.497 e. The summed E-state index contributed by atoms with van der Waals surface area (Å²) in [7, 11) is 1.62. The van der Waals surface area contributed by atoms with Crippen LogP contribution in [0.3, 0.4) is 0 Å². The molecule has 0 radical (unpaired) electrons. The number of hydrogen-bond acceptors (Lipinski definition) is 4. The smallest absolute Gasteiger partial charge is 0.354 e. The average Bonchev–Trinajstić information content (AvgIpc) is 3.01. The maximum atomic E-state index is 11.8. The molecule has 1 aromatic heterocycles. The van der Waals surface area contributed by atoms with Gasteiger partial charge in [-0.05, 0) is 43.3 Å². The Morgan fingerprint density at radius 1 is 1.09 bits per heavy atom. The lowest BCUT2D eigenvalue weighted by molar-refractivity contribution is 0.0520. The van der Waals surface area contributed by atoms with E-state index >= 15 is 0 Å². The molecule has 1 heterocycles. The number of nitrogens with one attached hydrogen (secondary N) is 1. The first-order valence-corrected chi connectivity index (χ1v) is 7.32. The normalized spacial score (nSPS) is 10.5. The molecule has 23 heavy (non-hydrogen) atoms. The lowest BCUT2D eigenvalue weighted by Crippen LogP contribution is -2.04. The minimum absolute atomic E-state index is 0.337. The highest BCUT2D eigenvalue weighted by atomic mass is 16.5. The Morgan fingerprint density at radius 3 is 2.52 bits per heavy atom. The predicted molar refractivity (Wildman–Crippen MR) is 87.3 cm³/mol. The molecule has 5 nitrogen and oxygen atoms in total. The summed E-state index contributed by atoms with van der Waals surface area (Å²) in [6.07, 6.45) is 0. The molecular formula is C18H17NO4. The number of aromatic nitrogens is 1. The van der Waals surface area contributed by atoms with E-state index in [0.717, 1.165) is 16.7 Å². The number of rotatable bonds is 5.